The van der Waals surface area contributed by atoms with Gasteiger partial charge in [-0.05, 0) is 48.1 Å². The van der Waals surface area contributed by atoms with E-state index in [4.69, 9.17) is 23.2 Å². The molecule has 0 radical (unpaired) electrons. The summed E-state index contributed by atoms with van der Waals surface area (Å²) in [6.45, 7) is 2.69. The van der Waals surface area contributed by atoms with Crippen LogP contribution in [0.1, 0.15) is 43.7 Å². The number of hydrogen-bond acceptors (Lipinski definition) is 4. The Balaban J connectivity index is 1.41. The minimum Gasteiger partial charge on any atom is -0.354 e. The summed E-state index contributed by atoms with van der Waals surface area (Å²) in [7, 11) is -3.75. The Morgan fingerprint density at radius 2 is 1.57 bits per heavy atom. The number of anilines is 1. The standard InChI is InChI=1S/C34H35Cl2N3O4S/c1-2-3-20-37-34(41)30(22-24-11-5-4-6-12-24)38(23-26-27(35)15-9-16-28(26)36)32(40)19-10-21-39-29-17-7-13-25-14-8-18-31(33(25)29)44(39,42)43/h4-9,11-18,30H,2-3,10,19-23H2,1H3,(H,37,41)/t30-/m0/s1. The molecule has 4 aromatic carbocycles. The van der Waals surface area contributed by atoms with Gasteiger partial charge in [-0.25, -0.2) is 8.42 Å². The topological polar surface area (TPSA) is 86.8 Å². The van der Waals surface area contributed by atoms with Gasteiger partial charge >= 0.3 is 0 Å². The van der Waals surface area contributed by atoms with Gasteiger partial charge in [0.2, 0.25) is 11.8 Å². The van der Waals surface area contributed by atoms with Gasteiger partial charge in [0.25, 0.3) is 10.0 Å². The van der Waals surface area contributed by atoms with Crippen LogP contribution in [0.25, 0.3) is 10.8 Å². The van der Waals surface area contributed by atoms with Gasteiger partial charge in [-0.15, -0.1) is 0 Å². The number of carbonyl (C=O) groups is 2. The lowest BCUT2D eigenvalue weighted by atomic mass is 10.0. The summed E-state index contributed by atoms with van der Waals surface area (Å²) in [4.78, 5) is 29.6. The third kappa shape index (κ3) is 6.72. The molecule has 0 aromatic heterocycles. The highest BCUT2D eigenvalue weighted by Crippen LogP contribution is 2.42. The van der Waals surface area contributed by atoms with Crippen LogP contribution in [-0.4, -0.2) is 44.3 Å². The predicted molar refractivity (Wildman–Crippen MR) is 177 cm³/mol. The number of rotatable bonds is 13. The van der Waals surface area contributed by atoms with Crippen molar-refractivity contribution >= 4 is 61.5 Å². The summed E-state index contributed by atoms with van der Waals surface area (Å²) in [6.07, 6.45) is 2.30. The van der Waals surface area contributed by atoms with Gasteiger partial charge in [-0.1, -0.05) is 97.2 Å². The number of hydrogen-bond donors (Lipinski definition) is 1. The van der Waals surface area contributed by atoms with Crippen LogP contribution in [0.3, 0.4) is 0 Å². The monoisotopic (exact) mass is 651 g/mol. The highest BCUT2D eigenvalue weighted by molar-refractivity contribution is 7.93. The average molecular weight is 653 g/mol. The SMILES string of the molecule is CCCCNC(=O)[C@H](Cc1ccccc1)N(Cc1c(Cl)cccc1Cl)C(=O)CCCN1c2cccc3cccc(c23)S1(=O)=O. The Hall–Kier alpha value is -3.59. The average Bonchev–Trinajstić information content (AvgIpc) is 3.23. The minimum absolute atomic E-state index is 0.0218. The molecule has 44 heavy (non-hydrogen) atoms. The van der Waals surface area contributed by atoms with Crippen LogP contribution in [0, 0.1) is 0 Å². The first-order valence-corrected chi connectivity index (χ1v) is 17.0. The van der Waals surface area contributed by atoms with E-state index < -0.39 is 16.1 Å². The van der Waals surface area contributed by atoms with Crippen LogP contribution in [0.4, 0.5) is 5.69 Å². The van der Waals surface area contributed by atoms with Crippen molar-refractivity contribution in [3.8, 4) is 0 Å². The molecule has 0 unspecified atom stereocenters. The normalized spacial score (nSPS) is 14.0. The molecule has 1 N–H and O–H groups in total. The molecule has 1 heterocycles. The van der Waals surface area contributed by atoms with Crippen LogP contribution in [0.5, 0.6) is 0 Å². The number of amides is 2. The van der Waals surface area contributed by atoms with E-state index in [0.29, 0.717) is 39.6 Å². The van der Waals surface area contributed by atoms with Crippen molar-refractivity contribution in [3.05, 3.63) is 106 Å². The van der Waals surface area contributed by atoms with Crippen LogP contribution in [-0.2, 0) is 32.6 Å². The van der Waals surface area contributed by atoms with Crippen molar-refractivity contribution in [2.45, 2.75) is 56.5 Å². The minimum atomic E-state index is -3.75. The van der Waals surface area contributed by atoms with Gasteiger partial charge in [0.05, 0.1) is 10.6 Å². The lowest BCUT2D eigenvalue weighted by Crippen LogP contribution is -2.50. The Morgan fingerprint density at radius 3 is 2.27 bits per heavy atom. The molecule has 0 fully saturated rings. The zero-order valence-electron chi connectivity index (χ0n) is 24.5. The van der Waals surface area contributed by atoms with E-state index in [0.717, 1.165) is 23.8 Å². The summed E-state index contributed by atoms with van der Waals surface area (Å²) >= 11 is 13.1. The number of carbonyl (C=O) groups excluding carboxylic acids is 2. The molecule has 0 aliphatic carbocycles. The Kier molecular flexibility index (Phi) is 10.1. The first-order chi connectivity index (χ1) is 21.2. The number of nitrogens with one attached hydrogen (secondary N) is 1. The van der Waals surface area contributed by atoms with Crippen LogP contribution in [0.15, 0.2) is 89.8 Å². The van der Waals surface area contributed by atoms with E-state index >= 15 is 0 Å². The first-order valence-electron chi connectivity index (χ1n) is 14.8. The summed E-state index contributed by atoms with van der Waals surface area (Å²) in [5, 5.41) is 5.34. The fraction of sp³-hybridized carbons (Fsp3) is 0.294. The van der Waals surface area contributed by atoms with E-state index in [1.54, 1.807) is 36.4 Å². The molecule has 0 saturated heterocycles. The Bertz CT molecular complexity index is 1740. The van der Waals surface area contributed by atoms with Crippen molar-refractivity contribution < 1.29 is 18.0 Å². The number of nitrogens with zero attached hydrogens (tertiary/aromatic N) is 2. The summed E-state index contributed by atoms with van der Waals surface area (Å²) in [5.74, 6) is -0.553. The fourth-order valence-corrected chi connectivity index (χ4v) is 7.90. The van der Waals surface area contributed by atoms with Crippen molar-refractivity contribution in [3.63, 3.8) is 0 Å². The maximum Gasteiger partial charge on any atom is 0.265 e. The molecule has 10 heteroatoms. The molecular weight excluding hydrogens is 617 g/mol. The lowest BCUT2D eigenvalue weighted by Gasteiger charge is -2.32. The Labute approximate surface area is 268 Å². The van der Waals surface area contributed by atoms with Gasteiger partial charge in [0.1, 0.15) is 6.04 Å². The molecule has 1 aliphatic heterocycles. The molecule has 0 bridgehead atoms. The highest BCUT2D eigenvalue weighted by atomic mass is 35.5. The van der Waals surface area contributed by atoms with Crippen molar-refractivity contribution in [2.24, 2.45) is 0 Å². The summed E-state index contributed by atoms with van der Waals surface area (Å²) in [6, 6.07) is 24.6. The predicted octanol–water partition coefficient (Wildman–Crippen LogP) is 6.99. The number of sulfonamides is 1. The van der Waals surface area contributed by atoms with E-state index in [1.807, 2.05) is 55.5 Å². The van der Waals surface area contributed by atoms with Gasteiger partial charge in [-0.2, -0.15) is 0 Å². The van der Waals surface area contributed by atoms with Gasteiger partial charge in [0.15, 0.2) is 0 Å². The third-order valence-electron chi connectivity index (χ3n) is 7.92. The van der Waals surface area contributed by atoms with Crippen LogP contribution >= 0.6 is 23.2 Å². The maximum atomic E-state index is 14.1. The molecule has 5 rings (SSSR count). The summed E-state index contributed by atoms with van der Waals surface area (Å²) < 4.78 is 28.3. The largest absolute Gasteiger partial charge is 0.354 e. The zero-order chi connectivity index (χ0) is 31.3. The second-order valence-corrected chi connectivity index (χ2v) is 13.5. The maximum absolute atomic E-state index is 14.1. The molecule has 230 valence electrons. The number of halogens is 2. The van der Waals surface area contributed by atoms with Crippen molar-refractivity contribution in [2.75, 3.05) is 17.4 Å². The van der Waals surface area contributed by atoms with Crippen LogP contribution < -0.4 is 9.62 Å². The molecule has 4 aromatic rings. The molecule has 1 aliphatic rings. The van der Waals surface area contributed by atoms with Gasteiger partial charge in [0, 0.05) is 53.5 Å². The lowest BCUT2D eigenvalue weighted by molar-refractivity contribution is -0.141. The van der Waals surface area contributed by atoms with E-state index in [-0.39, 0.29) is 42.6 Å². The number of unbranched alkanes of at least 4 members (excludes halogenated alkanes) is 1. The first kappa shape index (κ1) is 31.8. The van der Waals surface area contributed by atoms with E-state index in [1.165, 1.54) is 9.21 Å². The van der Waals surface area contributed by atoms with E-state index in [2.05, 4.69) is 5.32 Å². The quantitative estimate of drug-likeness (QED) is 0.158. The van der Waals surface area contributed by atoms with Crippen molar-refractivity contribution in [1.82, 2.24) is 10.2 Å². The molecule has 0 saturated carbocycles. The molecule has 7 nitrogen and oxygen atoms in total. The highest BCUT2D eigenvalue weighted by Gasteiger charge is 2.36. The second-order valence-electron chi connectivity index (χ2n) is 10.9. The molecular formula is C34H35Cl2N3O4S. The Morgan fingerprint density at radius 1 is 0.886 bits per heavy atom. The fourth-order valence-electron chi connectivity index (χ4n) is 5.63. The third-order valence-corrected chi connectivity index (χ3v) is 10.5. The second kappa shape index (κ2) is 14.0. The molecule has 0 spiro atoms. The van der Waals surface area contributed by atoms with Gasteiger partial charge in [-0.3, -0.25) is 13.9 Å². The van der Waals surface area contributed by atoms with Crippen LogP contribution in [0.2, 0.25) is 10.0 Å². The van der Waals surface area contributed by atoms with Gasteiger partial charge < -0.3 is 10.2 Å². The zero-order valence-corrected chi connectivity index (χ0v) is 26.8. The smallest absolute Gasteiger partial charge is 0.265 e. The molecule has 1 atom stereocenters. The van der Waals surface area contributed by atoms with E-state index in [9.17, 15) is 18.0 Å². The number of benzene rings is 4. The molecule has 2 amide bonds. The summed E-state index contributed by atoms with van der Waals surface area (Å²) in [5.41, 5.74) is 2.07. The van der Waals surface area contributed by atoms with Crippen molar-refractivity contribution in [1.29, 1.82) is 0 Å².